The Balaban J connectivity index is 1.54. The first kappa shape index (κ1) is 16.7. The molecule has 0 saturated heterocycles. The standard InChI is InChI=1S/C16H16BrNO3S2/c17-14-6-7-22-15(14)16(19)18-23(20,21)10-13-9-12(13)8-11-4-2-1-3-5-11/h1-7,12-13H,8-10H2,(H,18,19). The van der Waals surface area contributed by atoms with E-state index in [1.54, 1.807) is 11.4 Å². The zero-order valence-electron chi connectivity index (χ0n) is 12.2. The van der Waals surface area contributed by atoms with Gasteiger partial charge in [-0.2, -0.15) is 0 Å². The lowest BCUT2D eigenvalue weighted by molar-refractivity contribution is 0.0984. The Labute approximate surface area is 148 Å². The monoisotopic (exact) mass is 413 g/mol. The van der Waals surface area contributed by atoms with E-state index in [1.807, 2.05) is 18.2 Å². The van der Waals surface area contributed by atoms with Crippen molar-refractivity contribution in [3.05, 3.63) is 56.7 Å². The molecule has 1 heterocycles. The topological polar surface area (TPSA) is 63.2 Å². The molecular formula is C16H16BrNO3S2. The van der Waals surface area contributed by atoms with E-state index in [-0.39, 0.29) is 11.7 Å². The molecule has 2 atom stereocenters. The fourth-order valence-electron chi connectivity index (χ4n) is 2.65. The summed E-state index contributed by atoms with van der Waals surface area (Å²) in [5, 5.41) is 1.74. The van der Waals surface area contributed by atoms with E-state index in [4.69, 9.17) is 0 Å². The number of sulfonamides is 1. The summed E-state index contributed by atoms with van der Waals surface area (Å²) in [6, 6.07) is 11.8. The molecule has 0 aliphatic heterocycles. The Morgan fingerprint density at radius 1 is 1.22 bits per heavy atom. The smallest absolute Gasteiger partial charge is 0.267 e. The van der Waals surface area contributed by atoms with E-state index >= 15 is 0 Å². The van der Waals surface area contributed by atoms with Gasteiger partial charge in [0.05, 0.1) is 5.75 Å². The maximum Gasteiger partial charge on any atom is 0.275 e. The first-order valence-electron chi connectivity index (χ1n) is 7.26. The molecule has 1 N–H and O–H groups in total. The molecule has 2 unspecified atom stereocenters. The quantitative estimate of drug-likeness (QED) is 0.788. The van der Waals surface area contributed by atoms with E-state index < -0.39 is 15.9 Å². The molecule has 1 aliphatic carbocycles. The van der Waals surface area contributed by atoms with Crippen molar-refractivity contribution in [2.75, 3.05) is 5.75 Å². The van der Waals surface area contributed by atoms with Crippen LogP contribution < -0.4 is 4.72 Å². The number of hydrogen-bond donors (Lipinski definition) is 1. The predicted molar refractivity (Wildman–Crippen MR) is 95.0 cm³/mol. The molecule has 4 nitrogen and oxygen atoms in total. The molecule has 1 saturated carbocycles. The molecule has 122 valence electrons. The van der Waals surface area contributed by atoms with Crippen molar-refractivity contribution < 1.29 is 13.2 Å². The average molecular weight is 414 g/mol. The van der Waals surface area contributed by atoms with Gasteiger partial charge in [-0.05, 0) is 57.6 Å². The number of amides is 1. The number of carbonyl (C=O) groups excluding carboxylic acids is 1. The highest BCUT2D eigenvalue weighted by molar-refractivity contribution is 9.10. The van der Waals surface area contributed by atoms with Crippen molar-refractivity contribution in [2.45, 2.75) is 12.8 Å². The molecule has 0 bridgehead atoms. The number of rotatable bonds is 6. The van der Waals surface area contributed by atoms with Gasteiger partial charge >= 0.3 is 0 Å². The molecule has 0 spiro atoms. The van der Waals surface area contributed by atoms with Crippen LogP contribution in [0.3, 0.4) is 0 Å². The summed E-state index contributed by atoms with van der Waals surface area (Å²) < 4.78 is 27.1. The van der Waals surface area contributed by atoms with Gasteiger partial charge < -0.3 is 0 Å². The Kier molecular flexibility index (Phi) is 4.89. The van der Waals surface area contributed by atoms with Gasteiger partial charge in [-0.15, -0.1) is 11.3 Å². The third kappa shape index (κ3) is 4.43. The second kappa shape index (κ2) is 6.75. The van der Waals surface area contributed by atoms with Crippen LogP contribution in [-0.4, -0.2) is 20.1 Å². The van der Waals surface area contributed by atoms with Crippen LogP contribution in [0.15, 0.2) is 46.3 Å². The van der Waals surface area contributed by atoms with Gasteiger partial charge in [-0.25, -0.2) is 13.1 Å². The van der Waals surface area contributed by atoms with Gasteiger partial charge in [0.1, 0.15) is 4.88 Å². The molecule has 1 fully saturated rings. The lowest BCUT2D eigenvalue weighted by atomic mass is 10.1. The molecule has 1 aromatic heterocycles. The summed E-state index contributed by atoms with van der Waals surface area (Å²) in [6.45, 7) is 0. The third-order valence-corrected chi connectivity index (χ3v) is 7.11. The average Bonchev–Trinajstić information content (AvgIpc) is 3.03. The summed E-state index contributed by atoms with van der Waals surface area (Å²) >= 11 is 4.45. The lowest BCUT2D eigenvalue weighted by Gasteiger charge is -2.06. The highest BCUT2D eigenvalue weighted by Gasteiger charge is 2.40. The van der Waals surface area contributed by atoms with Crippen LogP contribution >= 0.6 is 27.3 Å². The molecular weight excluding hydrogens is 398 g/mol. The maximum atomic E-state index is 12.2. The predicted octanol–water partition coefficient (Wildman–Crippen LogP) is 3.45. The van der Waals surface area contributed by atoms with Crippen molar-refractivity contribution >= 4 is 43.2 Å². The number of halogens is 1. The lowest BCUT2D eigenvalue weighted by Crippen LogP contribution is -2.33. The van der Waals surface area contributed by atoms with Crippen molar-refractivity contribution in [1.82, 2.24) is 4.72 Å². The largest absolute Gasteiger partial charge is 0.275 e. The minimum atomic E-state index is -3.60. The van der Waals surface area contributed by atoms with Crippen LogP contribution in [0.1, 0.15) is 21.7 Å². The third-order valence-electron chi connectivity index (χ3n) is 3.91. The fourth-order valence-corrected chi connectivity index (χ4v) is 5.60. The van der Waals surface area contributed by atoms with E-state index in [9.17, 15) is 13.2 Å². The first-order chi connectivity index (χ1) is 10.9. The van der Waals surface area contributed by atoms with Crippen molar-refractivity contribution in [3.63, 3.8) is 0 Å². The minimum Gasteiger partial charge on any atom is -0.267 e. The van der Waals surface area contributed by atoms with E-state index in [1.165, 1.54) is 16.9 Å². The fraction of sp³-hybridized carbons (Fsp3) is 0.312. The summed E-state index contributed by atoms with van der Waals surface area (Å²) in [6.07, 6.45) is 1.79. The number of carbonyl (C=O) groups is 1. The van der Waals surface area contributed by atoms with E-state index in [0.29, 0.717) is 15.3 Å². The zero-order chi connectivity index (χ0) is 16.4. The Morgan fingerprint density at radius 3 is 2.61 bits per heavy atom. The number of nitrogens with one attached hydrogen (secondary N) is 1. The summed E-state index contributed by atoms with van der Waals surface area (Å²) in [5.41, 5.74) is 1.23. The maximum absolute atomic E-state index is 12.2. The molecule has 2 aromatic rings. The molecule has 7 heteroatoms. The highest BCUT2D eigenvalue weighted by Crippen LogP contribution is 2.41. The van der Waals surface area contributed by atoms with Crippen LogP contribution in [0.25, 0.3) is 0 Å². The van der Waals surface area contributed by atoms with Crippen LogP contribution in [0, 0.1) is 11.8 Å². The van der Waals surface area contributed by atoms with E-state index in [2.05, 4.69) is 32.8 Å². The van der Waals surface area contributed by atoms with Gasteiger partial charge in [-0.1, -0.05) is 30.3 Å². The van der Waals surface area contributed by atoms with E-state index in [0.717, 1.165) is 12.8 Å². The van der Waals surface area contributed by atoms with Gasteiger partial charge in [0.2, 0.25) is 10.0 Å². The van der Waals surface area contributed by atoms with Gasteiger partial charge in [-0.3, -0.25) is 4.79 Å². The minimum absolute atomic E-state index is 0.0131. The number of thiophene rings is 1. The van der Waals surface area contributed by atoms with Crippen LogP contribution in [0.5, 0.6) is 0 Å². The molecule has 1 amide bonds. The highest BCUT2D eigenvalue weighted by atomic mass is 79.9. The molecule has 1 aliphatic rings. The Morgan fingerprint density at radius 2 is 1.96 bits per heavy atom. The first-order valence-corrected chi connectivity index (χ1v) is 10.6. The number of benzene rings is 1. The van der Waals surface area contributed by atoms with Crippen molar-refractivity contribution in [1.29, 1.82) is 0 Å². The molecule has 0 radical (unpaired) electrons. The normalized spacial score (nSPS) is 20.2. The summed E-state index contributed by atoms with van der Waals surface area (Å²) in [4.78, 5) is 12.4. The second-order valence-corrected chi connectivity index (χ2v) is 9.29. The molecule has 23 heavy (non-hydrogen) atoms. The van der Waals surface area contributed by atoms with Crippen LogP contribution in [-0.2, 0) is 16.4 Å². The van der Waals surface area contributed by atoms with Gasteiger partial charge in [0.25, 0.3) is 5.91 Å². The summed E-state index contributed by atoms with van der Waals surface area (Å²) in [5.74, 6) is -0.0313. The van der Waals surface area contributed by atoms with Gasteiger partial charge in [0.15, 0.2) is 0 Å². The summed E-state index contributed by atoms with van der Waals surface area (Å²) in [7, 11) is -3.60. The zero-order valence-corrected chi connectivity index (χ0v) is 15.5. The molecule has 1 aromatic carbocycles. The van der Waals surface area contributed by atoms with Crippen LogP contribution in [0.2, 0.25) is 0 Å². The Hall–Kier alpha value is -1.18. The number of hydrogen-bond acceptors (Lipinski definition) is 4. The molecule has 3 rings (SSSR count). The van der Waals surface area contributed by atoms with Crippen LogP contribution in [0.4, 0.5) is 0 Å². The SMILES string of the molecule is O=C(NS(=O)(=O)CC1CC1Cc1ccccc1)c1sccc1Br. The van der Waals surface area contributed by atoms with Crippen molar-refractivity contribution in [3.8, 4) is 0 Å². The van der Waals surface area contributed by atoms with Gasteiger partial charge in [0, 0.05) is 4.47 Å². The second-order valence-electron chi connectivity index (χ2n) is 5.76. The Bertz CT molecular complexity index is 802. The van der Waals surface area contributed by atoms with Crippen molar-refractivity contribution in [2.24, 2.45) is 11.8 Å².